The van der Waals surface area contributed by atoms with E-state index in [4.69, 9.17) is 4.74 Å². The molecule has 0 N–H and O–H groups in total. The first kappa shape index (κ1) is 19.3. The minimum absolute atomic E-state index is 0.0469. The number of thioether (sulfide) groups is 1. The third-order valence-electron chi connectivity index (χ3n) is 4.54. The molecular formula is C23H24N2OS. The number of fused-ring (bicyclic) bond motifs is 1. The molecule has 3 nitrogen and oxygen atoms in total. The van der Waals surface area contributed by atoms with Crippen molar-refractivity contribution in [2.45, 2.75) is 45.0 Å². The summed E-state index contributed by atoms with van der Waals surface area (Å²) in [5.74, 6) is 1.41. The second kappa shape index (κ2) is 8.92. The largest absolute Gasteiger partial charge is 0.490 e. The van der Waals surface area contributed by atoms with Crippen LogP contribution in [-0.2, 0) is 18.6 Å². The SMILES string of the molecule is C=N/C=C(\SCc1ccc(OC(C)C)c(C#N)c1)c1cccc2c1CCC2. The van der Waals surface area contributed by atoms with Crippen LogP contribution in [0.15, 0.2) is 47.6 Å². The van der Waals surface area contributed by atoms with Crippen molar-refractivity contribution in [1.29, 1.82) is 5.26 Å². The second-order valence-electron chi connectivity index (χ2n) is 6.87. The molecular weight excluding hydrogens is 352 g/mol. The predicted octanol–water partition coefficient (Wildman–Crippen LogP) is 5.77. The van der Waals surface area contributed by atoms with Crippen LogP contribution < -0.4 is 4.74 Å². The van der Waals surface area contributed by atoms with Crippen molar-refractivity contribution in [2.75, 3.05) is 0 Å². The smallest absolute Gasteiger partial charge is 0.137 e. The summed E-state index contributed by atoms with van der Waals surface area (Å²) >= 11 is 1.73. The minimum atomic E-state index is 0.0469. The molecule has 0 atom stereocenters. The van der Waals surface area contributed by atoms with E-state index in [9.17, 15) is 5.26 Å². The van der Waals surface area contributed by atoms with Crippen LogP contribution in [0, 0.1) is 11.3 Å². The fraction of sp³-hybridized carbons (Fsp3) is 0.304. The fourth-order valence-electron chi connectivity index (χ4n) is 3.39. The van der Waals surface area contributed by atoms with Gasteiger partial charge in [0.1, 0.15) is 11.8 Å². The molecule has 1 aliphatic carbocycles. The molecule has 3 rings (SSSR count). The summed E-state index contributed by atoms with van der Waals surface area (Å²) in [6, 6.07) is 14.6. The number of hydrogen-bond donors (Lipinski definition) is 0. The Bertz CT molecular complexity index is 909. The molecule has 0 aliphatic heterocycles. The highest BCUT2D eigenvalue weighted by Gasteiger charge is 2.17. The van der Waals surface area contributed by atoms with Gasteiger partial charge in [0.25, 0.3) is 0 Å². The number of ether oxygens (including phenoxy) is 1. The maximum Gasteiger partial charge on any atom is 0.137 e. The Balaban J connectivity index is 1.80. The average molecular weight is 377 g/mol. The Morgan fingerprint density at radius 2 is 2.19 bits per heavy atom. The number of hydrogen-bond acceptors (Lipinski definition) is 4. The standard InChI is InChI=1S/C23H24N2OS/c1-16(2)26-22-11-10-17(12-19(22)13-24)15-27-23(14-25-3)21-9-5-7-18-6-4-8-20(18)21/h5,7,9-12,14,16H,3-4,6,8,15H2,1-2H3/b23-14-. The van der Waals surface area contributed by atoms with Crippen LogP contribution in [0.4, 0.5) is 0 Å². The lowest BCUT2D eigenvalue weighted by Gasteiger charge is -2.14. The summed E-state index contributed by atoms with van der Waals surface area (Å²) in [7, 11) is 0. The molecule has 138 valence electrons. The van der Waals surface area contributed by atoms with E-state index in [1.165, 1.54) is 23.1 Å². The van der Waals surface area contributed by atoms with Crippen LogP contribution >= 0.6 is 11.8 Å². The van der Waals surface area contributed by atoms with Gasteiger partial charge in [0.05, 0.1) is 11.7 Å². The summed E-state index contributed by atoms with van der Waals surface area (Å²) < 4.78 is 5.71. The Hall–Kier alpha value is -2.51. The number of rotatable bonds is 7. The highest BCUT2D eigenvalue weighted by atomic mass is 32.2. The van der Waals surface area contributed by atoms with Gasteiger partial charge in [-0.1, -0.05) is 24.3 Å². The Kier molecular flexibility index (Phi) is 6.36. The van der Waals surface area contributed by atoms with Gasteiger partial charge in [-0.15, -0.1) is 11.8 Å². The molecule has 0 aromatic heterocycles. The summed E-state index contributed by atoms with van der Waals surface area (Å²) in [5, 5.41) is 9.43. The summed E-state index contributed by atoms with van der Waals surface area (Å²) in [5.41, 5.74) is 5.83. The van der Waals surface area contributed by atoms with Gasteiger partial charge in [-0.05, 0) is 74.2 Å². The number of nitriles is 1. The van der Waals surface area contributed by atoms with Gasteiger partial charge in [0.15, 0.2) is 0 Å². The van der Waals surface area contributed by atoms with Gasteiger partial charge in [0, 0.05) is 16.9 Å². The molecule has 0 heterocycles. The highest BCUT2D eigenvalue weighted by Crippen LogP contribution is 2.37. The zero-order chi connectivity index (χ0) is 19.2. The van der Waals surface area contributed by atoms with E-state index in [2.05, 4.69) is 36.0 Å². The minimum Gasteiger partial charge on any atom is -0.490 e. The van der Waals surface area contributed by atoms with Crippen molar-refractivity contribution in [3.8, 4) is 11.8 Å². The van der Waals surface area contributed by atoms with Crippen LogP contribution in [0.2, 0.25) is 0 Å². The normalized spacial score (nSPS) is 13.3. The van der Waals surface area contributed by atoms with E-state index in [0.29, 0.717) is 11.3 Å². The molecule has 0 unspecified atom stereocenters. The van der Waals surface area contributed by atoms with E-state index < -0.39 is 0 Å². The number of aryl methyl sites for hydroxylation is 1. The second-order valence-corrected chi connectivity index (χ2v) is 7.89. The quantitative estimate of drug-likeness (QED) is 0.577. The zero-order valence-corrected chi connectivity index (χ0v) is 16.7. The van der Waals surface area contributed by atoms with Crippen molar-refractivity contribution in [1.82, 2.24) is 0 Å². The number of nitrogens with zero attached hydrogens (tertiary/aromatic N) is 2. The maximum atomic E-state index is 9.43. The Morgan fingerprint density at radius 3 is 2.93 bits per heavy atom. The van der Waals surface area contributed by atoms with Crippen molar-refractivity contribution in [2.24, 2.45) is 4.99 Å². The summed E-state index contributed by atoms with van der Waals surface area (Å²) in [4.78, 5) is 5.15. The Morgan fingerprint density at radius 1 is 1.33 bits per heavy atom. The number of aliphatic imine (C=N–C) groups is 1. The van der Waals surface area contributed by atoms with Crippen molar-refractivity contribution in [3.05, 3.63) is 70.4 Å². The van der Waals surface area contributed by atoms with E-state index in [-0.39, 0.29) is 6.10 Å². The lowest BCUT2D eigenvalue weighted by Crippen LogP contribution is -2.06. The molecule has 4 heteroatoms. The number of benzene rings is 2. The molecule has 0 amide bonds. The Labute approximate surface area is 165 Å². The van der Waals surface area contributed by atoms with E-state index in [0.717, 1.165) is 29.1 Å². The van der Waals surface area contributed by atoms with Gasteiger partial charge in [0.2, 0.25) is 0 Å². The van der Waals surface area contributed by atoms with Crippen LogP contribution in [-0.4, -0.2) is 12.8 Å². The topological polar surface area (TPSA) is 45.4 Å². The summed E-state index contributed by atoms with van der Waals surface area (Å²) in [6.45, 7) is 7.56. The lowest BCUT2D eigenvalue weighted by molar-refractivity contribution is 0.241. The molecule has 0 spiro atoms. The monoisotopic (exact) mass is 376 g/mol. The van der Waals surface area contributed by atoms with Crippen LogP contribution in [0.1, 0.15) is 48.1 Å². The van der Waals surface area contributed by atoms with Gasteiger partial charge in [-0.25, -0.2) is 0 Å². The van der Waals surface area contributed by atoms with Crippen molar-refractivity contribution in [3.63, 3.8) is 0 Å². The predicted molar refractivity (Wildman–Crippen MR) is 114 cm³/mol. The van der Waals surface area contributed by atoms with E-state index in [1.54, 1.807) is 11.8 Å². The fourth-order valence-corrected chi connectivity index (χ4v) is 4.39. The first-order chi connectivity index (χ1) is 13.1. The molecule has 1 aliphatic rings. The van der Waals surface area contributed by atoms with E-state index in [1.807, 2.05) is 38.2 Å². The maximum absolute atomic E-state index is 9.43. The van der Waals surface area contributed by atoms with Gasteiger partial charge in [-0.3, -0.25) is 4.99 Å². The molecule has 0 radical (unpaired) electrons. The van der Waals surface area contributed by atoms with Crippen LogP contribution in [0.25, 0.3) is 4.91 Å². The zero-order valence-electron chi connectivity index (χ0n) is 15.9. The van der Waals surface area contributed by atoms with Crippen molar-refractivity contribution < 1.29 is 4.74 Å². The molecule has 0 bridgehead atoms. The highest BCUT2D eigenvalue weighted by molar-refractivity contribution is 8.07. The molecule has 27 heavy (non-hydrogen) atoms. The van der Waals surface area contributed by atoms with Crippen LogP contribution in [0.3, 0.4) is 0 Å². The molecule has 0 fully saturated rings. The third-order valence-corrected chi connectivity index (χ3v) is 5.66. The molecule has 2 aromatic rings. The van der Waals surface area contributed by atoms with Crippen molar-refractivity contribution >= 4 is 23.4 Å². The molecule has 0 saturated heterocycles. The average Bonchev–Trinajstić information content (AvgIpc) is 3.14. The van der Waals surface area contributed by atoms with Crippen LogP contribution in [0.5, 0.6) is 5.75 Å². The van der Waals surface area contributed by atoms with Gasteiger partial charge < -0.3 is 4.74 Å². The van der Waals surface area contributed by atoms with Gasteiger partial charge in [-0.2, -0.15) is 5.26 Å². The first-order valence-corrected chi connectivity index (χ1v) is 10.2. The summed E-state index contributed by atoms with van der Waals surface area (Å²) in [6.07, 6.45) is 5.39. The van der Waals surface area contributed by atoms with Gasteiger partial charge >= 0.3 is 0 Å². The molecule has 2 aromatic carbocycles. The first-order valence-electron chi connectivity index (χ1n) is 9.22. The third kappa shape index (κ3) is 4.61. The van der Waals surface area contributed by atoms with E-state index >= 15 is 0 Å². The molecule has 0 saturated carbocycles. The lowest BCUT2D eigenvalue weighted by atomic mass is 10.0.